The topological polar surface area (TPSA) is 87.1 Å². The van der Waals surface area contributed by atoms with Crippen molar-refractivity contribution in [3.05, 3.63) is 35.9 Å². The van der Waals surface area contributed by atoms with Crippen LogP contribution >= 0.6 is 0 Å². The van der Waals surface area contributed by atoms with Gasteiger partial charge in [0.1, 0.15) is 6.54 Å². The third-order valence-corrected chi connectivity index (χ3v) is 3.74. The van der Waals surface area contributed by atoms with Crippen LogP contribution in [0.25, 0.3) is 0 Å². The summed E-state index contributed by atoms with van der Waals surface area (Å²) >= 11 is 0. The summed E-state index contributed by atoms with van der Waals surface area (Å²) in [6.07, 6.45) is -0.529. The molecule has 1 aromatic rings. The number of carboxylic acids is 1. The molecular weight excluding hydrogens is 262 g/mol. The van der Waals surface area contributed by atoms with Crippen LogP contribution in [0, 0.1) is 0 Å². The first-order valence-corrected chi connectivity index (χ1v) is 6.25. The second-order valence-corrected chi connectivity index (χ2v) is 5.26. The van der Waals surface area contributed by atoms with Gasteiger partial charge < -0.3 is 14.9 Å². The highest BCUT2D eigenvalue weighted by Crippen LogP contribution is 2.39. The van der Waals surface area contributed by atoms with E-state index in [2.05, 4.69) is 0 Å². The zero-order valence-corrected chi connectivity index (χ0v) is 11.4. The molecule has 1 saturated heterocycles. The molecule has 1 aliphatic rings. The molecule has 0 aliphatic carbocycles. The predicted molar refractivity (Wildman–Crippen MR) is 70.0 cm³/mol. The van der Waals surface area contributed by atoms with Crippen LogP contribution in [0.4, 0.5) is 4.79 Å². The number of nitrogens with zero attached hydrogens (tertiary/aromatic N) is 1. The highest BCUT2D eigenvalue weighted by Gasteiger charge is 2.59. The van der Waals surface area contributed by atoms with Crippen LogP contribution in [0.5, 0.6) is 0 Å². The molecule has 0 radical (unpaired) electrons. The summed E-state index contributed by atoms with van der Waals surface area (Å²) in [5, 5.41) is 19.4. The Kier molecular flexibility index (Phi) is 3.43. The second kappa shape index (κ2) is 4.79. The molecular formula is C14H17NO5. The van der Waals surface area contributed by atoms with Crippen molar-refractivity contribution in [1.82, 2.24) is 4.90 Å². The fourth-order valence-electron chi connectivity index (χ4n) is 2.35. The molecule has 2 N–H and O–H groups in total. The van der Waals surface area contributed by atoms with Crippen LogP contribution in [-0.2, 0) is 16.0 Å². The maximum absolute atomic E-state index is 11.8. The number of benzene rings is 1. The van der Waals surface area contributed by atoms with E-state index in [1.165, 1.54) is 6.92 Å². The summed E-state index contributed by atoms with van der Waals surface area (Å²) in [7, 11) is 0. The summed E-state index contributed by atoms with van der Waals surface area (Å²) in [5.41, 5.74) is -2.01. The van der Waals surface area contributed by atoms with Crippen molar-refractivity contribution in [3.63, 3.8) is 0 Å². The third-order valence-electron chi connectivity index (χ3n) is 3.74. The number of aliphatic hydroxyl groups is 1. The van der Waals surface area contributed by atoms with E-state index in [9.17, 15) is 14.7 Å². The van der Waals surface area contributed by atoms with Crippen LogP contribution in [0.3, 0.4) is 0 Å². The fourth-order valence-corrected chi connectivity index (χ4v) is 2.35. The zero-order valence-electron chi connectivity index (χ0n) is 11.4. The standard InChI is InChI=1S/C14H17NO5/c1-13(8-10-6-4-3-5-7-10)14(2,19)15(9-11(16)17)12(18)20-13/h3-7,19H,8-9H2,1-2H3,(H,16,17)/t13-,14-/m0/s1. The molecule has 6 nitrogen and oxygen atoms in total. The van der Waals surface area contributed by atoms with Gasteiger partial charge in [0, 0.05) is 6.42 Å². The first-order valence-electron chi connectivity index (χ1n) is 6.25. The Balaban J connectivity index is 2.28. The van der Waals surface area contributed by atoms with Gasteiger partial charge in [-0.3, -0.25) is 9.69 Å². The molecule has 0 unspecified atom stereocenters. The molecule has 0 aromatic heterocycles. The van der Waals surface area contributed by atoms with Gasteiger partial charge >= 0.3 is 12.1 Å². The van der Waals surface area contributed by atoms with Crippen LogP contribution in [0.15, 0.2) is 30.3 Å². The van der Waals surface area contributed by atoms with E-state index in [0.717, 1.165) is 10.5 Å². The molecule has 0 spiro atoms. The Morgan fingerprint density at radius 3 is 2.45 bits per heavy atom. The highest BCUT2D eigenvalue weighted by molar-refractivity contribution is 5.79. The van der Waals surface area contributed by atoms with Crippen molar-refractivity contribution >= 4 is 12.1 Å². The Morgan fingerprint density at radius 1 is 1.30 bits per heavy atom. The lowest BCUT2D eigenvalue weighted by molar-refractivity contribution is -0.153. The summed E-state index contributed by atoms with van der Waals surface area (Å²) in [6.45, 7) is 2.39. The second-order valence-electron chi connectivity index (χ2n) is 5.26. The Bertz CT molecular complexity index is 528. The van der Waals surface area contributed by atoms with Gasteiger partial charge in [-0.2, -0.15) is 0 Å². The van der Waals surface area contributed by atoms with Gasteiger partial charge in [-0.05, 0) is 19.4 Å². The lowest BCUT2D eigenvalue weighted by Gasteiger charge is -2.36. The van der Waals surface area contributed by atoms with Gasteiger partial charge in [-0.25, -0.2) is 4.79 Å². The van der Waals surface area contributed by atoms with Gasteiger partial charge in [-0.1, -0.05) is 30.3 Å². The van der Waals surface area contributed by atoms with Crippen LogP contribution in [0.1, 0.15) is 19.4 Å². The third kappa shape index (κ3) is 2.34. The number of amides is 1. The largest absolute Gasteiger partial charge is 0.480 e. The van der Waals surface area contributed by atoms with Crippen LogP contribution in [0.2, 0.25) is 0 Å². The Hall–Kier alpha value is -2.08. The van der Waals surface area contributed by atoms with E-state index in [1.54, 1.807) is 6.92 Å². The fraction of sp³-hybridized carbons (Fsp3) is 0.429. The summed E-state index contributed by atoms with van der Waals surface area (Å²) in [4.78, 5) is 23.4. The van der Waals surface area contributed by atoms with Crippen molar-refractivity contribution in [1.29, 1.82) is 0 Å². The Labute approximate surface area is 116 Å². The number of carboxylic acid groups (broad SMARTS) is 1. The van der Waals surface area contributed by atoms with E-state index in [1.807, 2.05) is 30.3 Å². The lowest BCUT2D eigenvalue weighted by atomic mass is 9.87. The molecule has 0 saturated carbocycles. The van der Waals surface area contributed by atoms with Crippen molar-refractivity contribution in [2.45, 2.75) is 31.6 Å². The number of aliphatic carboxylic acids is 1. The summed E-state index contributed by atoms with van der Waals surface area (Å²) in [6, 6.07) is 9.27. The number of carbonyl (C=O) groups excluding carboxylic acids is 1. The number of hydrogen-bond acceptors (Lipinski definition) is 4. The zero-order chi connectivity index (χ0) is 15.0. The van der Waals surface area contributed by atoms with Crippen LogP contribution in [-0.4, -0.2) is 45.0 Å². The number of carbonyl (C=O) groups is 2. The van der Waals surface area contributed by atoms with E-state index in [0.29, 0.717) is 6.42 Å². The summed E-state index contributed by atoms with van der Waals surface area (Å²) in [5.74, 6) is -1.20. The molecule has 2 rings (SSSR count). The van der Waals surface area contributed by atoms with E-state index in [-0.39, 0.29) is 0 Å². The molecule has 1 aliphatic heterocycles. The van der Waals surface area contributed by atoms with Gasteiger partial charge in [0.25, 0.3) is 0 Å². The quantitative estimate of drug-likeness (QED) is 0.865. The van der Waals surface area contributed by atoms with Gasteiger partial charge in [0.15, 0.2) is 11.3 Å². The predicted octanol–water partition coefficient (Wildman–Crippen LogP) is 1.23. The normalized spacial score (nSPS) is 29.4. The molecule has 20 heavy (non-hydrogen) atoms. The number of hydrogen-bond donors (Lipinski definition) is 2. The summed E-state index contributed by atoms with van der Waals surface area (Å²) < 4.78 is 5.26. The number of cyclic esters (lactones) is 1. The first-order chi connectivity index (χ1) is 9.26. The van der Waals surface area contributed by atoms with E-state index in [4.69, 9.17) is 9.84 Å². The maximum Gasteiger partial charge on any atom is 0.413 e. The average molecular weight is 279 g/mol. The van der Waals surface area contributed by atoms with Crippen molar-refractivity contribution in [2.24, 2.45) is 0 Å². The molecule has 1 amide bonds. The molecule has 6 heteroatoms. The molecule has 0 bridgehead atoms. The van der Waals surface area contributed by atoms with E-state index >= 15 is 0 Å². The van der Waals surface area contributed by atoms with Crippen LogP contribution < -0.4 is 0 Å². The van der Waals surface area contributed by atoms with Gasteiger partial charge in [0.2, 0.25) is 0 Å². The van der Waals surface area contributed by atoms with Crippen molar-refractivity contribution in [3.8, 4) is 0 Å². The lowest BCUT2D eigenvalue weighted by Crippen LogP contribution is -2.57. The molecule has 1 heterocycles. The Morgan fingerprint density at radius 2 is 1.90 bits per heavy atom. The minimum atomic E-state index is -1.70. The molecule has 1 fully saturated rings. The highest BCUT2D eigenvalue weighted by atomic mass is 16.6. The molecule has 2 atom stereocenters. The van der Waals surface area contributed by atoms with Crippen molar-refractivity contribution < 1.29 is 24.5 Å². The smallest absolute Gasteiger partial charge is 0.413 e. The first kappa shape index (κ1) is 14.3. The van der Waals surface area contributed by atoms with Gasteiger partial charge in [-0.15, -0.1) is 0 Å². The average Bonchev–Trinajstić information content (AvgIpc) is 2.50. The minimum absolute atomic E-state index is 0.294. The molecule has 108 valence electrons. The molecule has 1 aromatic carbocycles. The maximum atomic E-state index is 11.8. The monoisotopic (exact) mass is 279 g/mol. The number of ether oxygens (including phenoxy) is 1. The van der Waals surface area contributed by atoms with Crippen molar-refractivity contribution in [2.75, 3.05) is 6.54 Å². The minimum Gasteiger partial charge on any atom is -0.480 e. The number of rotatable bonds is 4. The SMILES string of the molecule is C[C@@]1(Cc2ccccc2)OC(=O)N(CC(=O)O)[C@@]1(C)O. The van der Waals surface area contributed by atoms with Gasteiger partial charge in [0.05, 0.1) is 0 Å². The van der Waals surface area contributed by atoms with E-state index < -0.39 is 29.9 Å².